The molecule has 0 aliphatic carbocycles. The molecular formula is C14H18BrNO. The summed E-state index contributed by atoms with van der Waals surface area (Å²) in [5.41, 5.74) is 1.26. The zero-order valence-electron chi connectivity index (χ0n) is 10.2. The third-order valence-electron chi connectivity index (χ3n) is 2.85. The lowest BCUT2D eigenvalue weighted by Crippen LogP contribution is -2.05. The van der Waals surface area contributed by atoms with E-state index in [2.05, 4.69) is 57.9 Å². The molecule has 3 heteroatoms. The molecule has 2 nitrogen and oxygen atoms in total. The van der Waals surface area contributed by atoms with Crippen LogP contribution in [0.15, 0.2) is 34.9 Å². The highest BCUT2D eigenvalue weighted by molar-refractivity contribution is 9.10. The fraction of sp³-hybridized carbons (Fsp3) is 0.429. The summed E-state index contributed by atoms with van der Waals surface area (Å²) >= 11 is 3.51. The van der Waals surface area contributed by atoms with Crippen molar-refractivity contribution in [2.45, 2.75) is 26.3 Å². The van der Waals surface area contributed by atoms with Crippen LogP contribution in [0.4, 0.5) is 0 Å². The smallest absolute Gasteiger partial charge is 0.0645 e. The maximum absolute atomic E-state index is 5.59. The summed E-state index contributed by atoms with van der Waals surface area (Å²) in [4.78, 5) is 0. The highest BCUT2D eigenvalue weighted by Crippen LogP contribution is 2.20. The zero-order valence-corrected chi connectivity index (χ0v) is 11.7. The van der Waals surface area contributed by atoms with E-state index < -0.39 is 0 Å². The molecule has 0 bridgehead atoms. The zero-order chi connectivity index (χ0) is 12.1. The molecule has 1 aromatic carbocycles. The van der Waals surface area contributed by atoms with Crippen molar-refractivity contribution in [3.63, 3.8) is 0 Å². The molecule has 2 rings (SSSR count). The number of hydrogen-bond acceptors (Lipinski definition) is 1. The van der Waals surface area contributed by atoms with Crippen LogP contribution in [0.25, 0.3) is 10.9 Å². The molecule has 0 amide bonds. The first-order valence-corrected chi connectivity index (χ1v) is 6.92. The minimum atomic E-state index is 0.788. The fourth-order valence-electron chi connectivity index (χ4n) is 1.86. The lowest BCUT2D eigenvalue weighted by molar-refractivity contribution is 0.124. The molecular weight excluding hydrogens is 278 g/mol. The van der Waals surface area contributed by atoms with E-state index >= 15 is 0 Å². The van der Waals surface area contributed by atoms with Crippen LogP contribution in [0.1, 0.15) is 19.8 Å². The van der Waals surface area contributed by atoms with Crippen LogP contribution in [0, 0.1) is 0 Å². The van der Waals surface area contributed by atoms with Gasteiger partial charge in [0, 0.05) is 29.3 Å². The minimum absolute atomic E-state index is 0.788. The Morgan fingerprint density at radius 3 is 2.94 bits per heavy atom. The number of unbranched alkanes of at least 4 members (excludes halogenated alkanes) is 1. The largest absolute Gasteiger partial charge is 0.380 e. The van der Waals surface area contributed by atoms with Crippen LogP contribution < -0.4 is 0 Å². The minimum Gasteiger partial charge on any atom is -0.380 e. The molecule has 0 unspecified atom stereocenters. The van der Waals surface area contributed by atoms with Gasteiger partial charge in [0.1, 0.15) is 0 Å². The molecule has 0 fully saturated rings. The van der Waals surface area contributed by atoms with Crippen molar-refractivity contribution in [3.05, 3.63) is 34.9 Å². The monoisotopic (exact) mass is 295 g/mol. The van der Waals surface area contributed by atoms with E-state index in [1.54, 1.807) is 0 Å². The molecule has 2 aromatic rings. The Hall–Kier alpha value is -0.800. The van der Waals surface area contributed by atoms with Gasteiger partial charge in [0.2, 0.25) is 0 Å². The standard InChI is InChI=1S/C14H18BrNO/c1-2-3-9-17-10-8-16-7-6-12-4-5-13(15)11-14(12)16/h4-7,11H,2-3,8-10H2,1H3. The first kappa shape index (κ1) is 12.7. The molecule has 0 aliphatic rings. The molecule has 0 spiro atoms. The summed E-state index contributed by atoms with van der Waals surface area (Å²) in [6.07, 6.45) is 4.47. The van der Waals surface area contributed by atoms with E-state index in [0.29, 0.717) is 0 Å². The van der Waals surface area contributed by atoms with E-state index in [0.717, 1.165) is 30.7 Å². The summed E-state index contributed by atoms with van der Waals surface area (Å²) in [5.74, 6) is 0. The van der Waals surface area contributed by atoms with Crippen molar-refractivity contribution in [1.82, 2.24) is 4.57 Å². The summed E-state index contributed by atoms with van der Waals surface area (Å²) in [6, 6.07) is 8.51. The third kappa shape index (κ3) is 3.33. The van der Waals surface area contributed by atoms with E-state index in [1.807, 2.05) is 0 Å². The van der Waals surface area contributed by atoms with Gasteiger partial charge in [0.15, 0.2) is 0 Å². The second-order valence-corrected chi connectivity index (χ2v) is 5.09. The summed E-state index contributed by atoms with van der Waals surface area (Å²) in [6.45, 7) is 4.76. The molecule has 0 aliphatic heterocycles. The lowest BCUT2D eigenvalue weighted by Gasteiger charge is -2.06. The third-order valence-corrected chi connectivity index (χ3v) is 3.35. The van der Waals surface area contributed by atoms with Gasteiger partial charge in [-0.2, -0.15) is 0 Å². The maximum atomic E-state index is 5.59. The quantitative estimate of drug-likeness (QED) is 0.728. The van der Waals surface area contributed by atoms with Gasteiger partial charge in [-0.15, -0.1) is 0 Å². The SMILES string of the molecule is CCCCOCCn1ccc2ccc(Br)cc21. The molecule has 0 saturated carbocycles. The number of hydrogen-bond donors (Lipinski definition) is 0. The normalized spacial score (nSPS) is 11.2. The summed E-state index contributed by atoms with van der Waals surface area (Å²) in [5, 5.41) is 1.28. The van der Waals surface area contributed by atoms with Crippen LogP contribution in [0.3, 0.4) is 0 Å². The topological polar surface area (TPSA) is 14.2 Å². The molecule has 1 aromatic heterocycles. The van der Waals surface area contributed by atoms with Crippen LogP contribution in [0.5, 0.6) is 0 Å². The molecule has 0 atom stereocenters. The average Bonchev–Trinajstić information content (AvgIpc) is 2.72. The Balaban J connectivity index is 1.96. The van der Waals surface area contributed by atoms with Crippen LogP contribution in [0.2, 0.25) is 0 Å². The van der Waals surface area contributed by atoms with E-state index in [4.69, 9.17) is 4.74 Å². The number of halogens is 1. The van der Waals surface area contributed by atoms with Gasteiger partial charge in [-0.25, -0.2) is 0 Å². The second kappa shape index (κ2) is 6.22. The van der Waals surface area contributed by atoms with Crippen LogP contribution in [-0.2, 0) is 11.3 Å². The molecule has 0 radical (unpaired) electrons. The van der Waals surface area contributed by atoms with E-state index in [-0.39, 0.29) is 0 Å². The van der Waals surface area contributed by atoms with Crippen LogP contribution in [-0.4, -0.2) is 17.8 Å². The van der Waals surface area contributed by atoms with Crippen molar-refractivity contribution in [1.29, 1.82) is 0 Å². The maximum Gasteiger partial charge on any atom is 0.0645 e. The Kier molecular flexibility index (Phi) is 4.63. The first-order valence-electron chi connectivity index (χ1n) is 6.13. The Bertz CT molecular complexity index is 478. The highest BCUT2D eigenvalue weighted by atomic mass is 79.9. The van der Waals surface area contributed by atoms with Gasteiger partial charge < -0.3 is 9.30 Å². The molecule has 0 N–H and O–H groups in total. The summed E-state index contributed by atoms with van der Waals surface area (Å²) < 4.78 is 8.96. The van der Waals surface area contributed by atoms with Crippen molar-refractivity contribution >= 4 is 26.8 Å². The van der Waals surface area contributed by atoms with Crippen molar-refractivity contribution in [2.24, 2.45) is 0 Å². The summed E-state index contributed by atoms with van der Waals surface area (Å²) in [7, 11) is 0. The molecule has 1 heterocycles. The number of ether oxygens (including phenoxy) is 1. The number of fused-ring (bicyclic) bond motifs is 1. The molecule has 92 valence electrons. The van der Waals surface area contributed by atoms with Gasteiger partial charge in [-0.1, -0.05) is 35.3 Å². The molecule has 0 saturated heterocycles. The predicted octanol–water partition coefficient (Wildman–Crippen LogP) is 4.22. The van der Waals surface area contributed by atoms with Gasteiger partial charge in [0.25, 0.3) is 0 Å². The van der Waals surface area contributed by atoms with E-state index in [9.17, 15) is 0 Å². The first-order chi connectivity index (χ1) is 8.31. The second-order valence-electron chi connectivity index (χ2n) is 4.18. The number of nitrogens with zero attached hydrogens (tertiary/aromatic N) is 1. The van der Waals surface area contributed by atoms with E-state index in [1.165, 1.54) is 17.3 Å². The van der Waals surface area contributed by atoms with Crippen molar-refractivity contribution < 1.29 is 4.74 Å². The Labute approximate surface area is 111 Å². The number of rotatable bonds is 6. The fourth-order valence-corrected chi connectivity index (χ4v) is 2.21. The highest BCUT2D eigenvalue weighted by Gasteiger charge is 2.01. The van der Waals surface area contributed by atoms with Gasteiger partial charge in [0.05, 0.1) is 6.61 Å². The predicted molar refractivity (Wildman–Crippen MR) is 75.4 cm³/mol. The Morgan fingerprint density at radius 1 is 1.24 bits per heavy atom. The lowest BCUT2D eigenvalue weighted by atomic mass is 10.2. The van der Waals surface area contributed by atoms with Crippen LogP contribution >= 0.6 is 15.9 Å². The average molecular weight is 296 g/mol. The van der Waals surface area contributed by atoms with Crippen molar-refractivity contribution in [3.8, 4) is 0 Å². The van der Waals surface area contributed by atoms with Crippen molar-refractivity contribution in [2.75, 3.05) is 13.2 Å². The van der Waals surface area contributed by atoms with Gasteiger partial charge >= 0.3 is 0 Å². The number of aromatic nitrogens is 1. The van der Waals surface area contributed by atoms with Gasteiger partial charge in [-0.05, 0) is 30.0 Å². The number of benzene rings is 1. The van der Waals surface area contributed by atoms with Gasteiger partial charge in [-0.3, -0.25) is 0 Å². The Morgan fingerprint density at radius 2 is 2.12 bits per heavy atom. The molecule has 17 heavy (non-hydrogen) atoms.